The number of ether oxygens (including phenoxy) is 1. The molecule has 1 saturated heterocycles. The third-order valence-electron chi connectivity index (χ3n) is 3.16. The maximum atomic E-state index is 11.6. The van der Waals surface area contributed by atoms with Crippen molar-refractivity contribution in [2.75, 3.05) is 19.7 Å². The summed E-state index contributed by atoms with van der Waals surface area (Å²) in [7, 11) is 0. The largest absolute Gasteiger partial charge is 0.446 e. The van der Waals surface area contributed by atoms with Gasteiger partial charge >= 0.3 is 6.03 Å². The molecule has 2 rings (SSSR count). The van der Waals surface area contributed by atoms with Crippen LogP contribution < -0.4 is 10.6 Å². The highest BCUT2D eigenvalue weighted by Gasteiger charge is 2.16. The topological polar surface area (TPSA) is 76.4 Å². The Balaban J connectivity index is 1.62. The monoisotopic (exact) mass is 267 g/mol. The van der Waals surface area contributed by atoms with Gasteiger partial charge in [-0.15, -0.1) is 0 Å². The van der Waals surface area contributed by atoms with Gasteiger partial charge in [-0.2, -0.15) is 0 Å². The molecule has 2 heterocycles. The number of aryl methyl sites for hydroxylation is 2. The summed E-state index contributed by atoms with van der Waals surface area (Å²) in [5.41, 5.74) is 0.900. The molecular formula is C13H21N3O3. The van der Waals surface area contributed by atoms with E-state index >= 15 is 0 Å². The molecule has 6 heteroatoms. The highest BCUT2D eigenvalue weighted by Crippen LogP contribution is 2.10. The minimum absolute atomic E-state index is 0.159. The van der Waals surface area contributed by atoms with Crippen LogP contribution in [0, 0.1) is 13.8 Å². The Hall–Kier alpha value is -1.56. The fraction of sp³-hybridized carbons (Fsp3) is 0.692. The molecular weight excluding hydrogens is 246 g/mol. The molecule has 106 valence electrons. The molecule has 1 fully saturated rings. The lowest BCUT2D eigenvalue weighted by molar-refractivity contribution is 0.111. The third kappa shape index (κ3) is 4.24. The maximum Gasteiger partial charge on any atom is 0.314 e. The number of urea groups is 1. The second-order valence-corrected chi connectivity index (χ2v) is 4.76. The Morgan fingerprint density at radius 3 is 2.89 bits per heavy atom. The molecule has 1 aromatic heterocycles. The third-order valence-corrected chi connectivity index (χ3v) is 3.16. The van der Waals surface area contributed by atoms with Gasteiger partial charge in [-0.05, 0) is 19.8 Å². The van der Waals surface area contributed by atoms with Crippen LogP contribution in [0.1, 0.15) is 30.2 Å². The molecule has 6 nitrogen and oxygen atoms in total. The first-order chi connectivity index (χ1) is 9.15. The molecule has 2 N–H and O–H groups in total. The standard InChI is InChI=1S/C13H21N3O3/c1-9-12(16-10(2)19-9)5-6-14-13(17)15-8-11-4-3-7-18-11/h11H,3-8H2,1-2H3,(H2,14,15,17)/t11-/m0/s1. The summed E-state index contributed by atoms with van der Waals surface area (Å²) in [5, 5.41) is 5.62. The zero-order valence-corrected chi connectivity index (χ0v) is 11.5. The Kier molecular flexibility index (Phi) is 4.79. The van der Waals surface area contributed by atoms with Gasteiger partial charge in [0.2, 0.25) is 0 Å². The van der Waals surface area contributed by atoms with Crippen LogP contribution in [-0.2, 0) is 11.2 Å². The Morgan fingerprint density at radius 1 is 1.42 bits per heavy atom. The number of aromatic nitrogens is 1. The first-order valence-electron chi connectivity index (χ1n) is 6.71. The van der Waals surface area contributed by atoms with Crippen molar-refractivity contribution in [1.82, 2.24) is 15.6 Å². The van der Waals surface area contributed by atoms with Crippen molar-refractivity contribution in [2.24, 2.45) is 0 Å². The van der Waals surface area contributed by atoms with Crippen LogP contribution in [0.25, 0.3) is 0 Å². The molecule has 1 aromatic rings. The molecule has 0 bridgehead atoms. The molecule has 19 heavy (non-hydrogen) atoms. The van der Waals surface area contributed by atoms with Gasteiger partial charge in [-0.1, -0.05) is 0 Å². The average molecular weight is 267 g/mol. The van der Waals surface area contributed by atoms with E-state index in [-0.39, 0.29) is 12.1 Å². The molecule has 0 aromatic carbocycles. The molecule has 0 unspecified atom stereocenters. The molecule has 2 amide bonds. The van der Waals surface area contributed by atoms with Gasteiger partial charge in [0.25, 0.3) is 0 Å². The lowest BCUT2D eigenvalue weighted by Crippen LogP contribution is -2.40. The predicted octanol–water partition coefficient (Wildman–Crippen LogP) is 1.31. The van der Waals surface area contributed by atoms with E-state index in [4.69, 9.17) is 9.15 Å². The maximum absolute atomic E-state index is 11.6. The van der Waals surface area contributed by atoms with E-state index in [1.165, 1.54) is 0 Å². The Bertz CT molecular complexity index is 425. The van der Waals surface area contributed by atoms with Gasteiger partial charge < -0.3 is 19.8 Å². The van der Waals surface area contributed by atoms with Gasteiger partial charge in [-0.3, -0.25) is 0 Å². The molecule has 1 aliphatic rings. The SMILES string of the molecule is Cc1nc(CCNC(=O)NC[C@@H]2CCCO2)c(C)o1. The second kappa shape index (κ2) is 6.56. The van der Waals surface area contributed by atoms with Crippen molar-refractivity contribution >= 4 is 6.03 Å². The van der Waals surface area contributed by atoms with Crippen molar-refractivity contribution in [3.63, 3.8) is 0 Å². The van der Waals surface area contributed by atoms with Crippen molar-refractivity contribution in [3.8, 4) is 0 Å². The summed E-state index contributed by atoms with van der Waals surface area (Å²) in [5.74, 6) is 1.48. The zero-order chi connectivity index (χ0) is 13.7. The van der Waals surface area contributed by atoms with Crippen LogP contribution in [0.15, 0.2) is 4.42 Å². The number of oxazole rings is 1. The van der Waals surface area contributed by atoms with E-state index in [2.05, 4.69) is 15.6 Å². The molecule has 1 aliphatic heterocycles. The molecule has 0 saturated carbocycles. The fourth-order valence-electron chi connectivity index (χ4n) is 2.17. The van der Waals surface area contributed by atoms with Crippen LogP contribution >= 0.6 is 0 Å². The number of rotatable bonds is 5. The fourth-order valence-corrected chi connectivity index (χ4v) is 2.17. The Labute approximate surface area is 112 Å². The quantitative estimate of drug-likeness (QED) is 0.843. The minimum Gasteiger partial charge on any atom is -0.446 e. The number of hydrogen-bond acceptors (Lipinski definition) is 4. The van der Waals surface area contributed by atoms with E-state index in [0.29, 0.717) is 25.4 Å². The smallest absolute Gasteiger partial charge is 0.314 e. The van der Waals surface area contributed by atoms with E-state index in [1.54, 1.807) is 0 Å². The first kappa shape index (κ1) is 13.9. The number of hydrogen-bond donors (Lipinski definition) is 2. The average Bonchev–Trinajstić information content (AvgIpc) is 2.97. The van der Waals surface area contributed by atoms with Crippen LogP contribution in [0.3, 0.4) is 0 Å². The normalized spacial score (nSPS) is 18.5. The Morgan fingerprint density at radius 2 is 2.26 bits per heavy atom. The van der Waals surface area contributed by atoms with E-state index in [0.717, 1.165) is 30.9 Å². The van der Waals surface area contributed by atoms with Crippen molar-refractivity contribution in [1.29, 1.82) is 0 Å². The summed E-state index contributed by atoms with van der Waals surface area (Å²) in [6.45, 7) is 5.63. The summed E-state index contributed by atoms with van der Waals surface area (Å²) in [6, 6.07) is -0.159. The highest BCUT2D eigenvalue weighted by molar-refractivity contribution is 5.73. The number of nitrogens with zero attached hydrogens (tertiary/aromatic N) is 1. The first-order valence-corrected chi connectivity index (χ1v) is 6.71. The number of amides is 2. The number of carbonyl (C=O) groups excluding carboxylic acids is 1. The van der Waals surface area contributed by atoms with Gasteiger partial charge in [0.15, 0.2) is 5.89 Å². The van der Waals surface area contributed by atoms with Gasteiger partial charge in [0, 0.05) is 33.0 Å². The summed E-state index contributed by atoms with van der Waals surface area (Å²) in [6.07, 6.45) is 2.96. The van der Waals surface area contributed by atoms with Crippen LogP contribution in [0.4, 0.5) is 4.79 Å². The zero-order valence-electron chi connectivity index (χ0n) is 11.5. The lowest BCUT2D eigenvalue weighted by atomic mass is 10.2. The van der Waals surface area contributed by atoms with Crippen molar-refractivity contribution < 1.29 is 13.9 Å². The second-order valence-electron chi connectivity index (χ2n) is 4.76. The van der Waals surface area contributed by atoms with Gasteiger partial charge in [-0.25, -0.2) is 9.78 Å². The van der Waals surface area contributed by atoms with Crippen LogP contribution in [0.2, 0.25) is 0 Å². The highest BCUT2D eigenvalue weighted by atomic mass is 16.5. The predicted molar refractivity (Wildman–Crippen MR) is 70.1 cm³/mol. The lowest BCUT2D eigenvalue weighted by Gasteiger charge is -2.11. The summed E-state index contributed by atoms with van der Waals surface area (Å²) < 4.78 is 10.8. The molecule has 0 radical (unpaired) electrons. The van der Waals surface area contributed by atoms with Gasteiger partial charge in [0.05, 0.1) is 11.8 Å². The van der Waals surface area contributed by atoms with E-state index < -0.39 is 0 Å². The molecule has 0 spiro atoms. The molecule has 0 aliphatic carbocycles. The summed E-state index contributed by atoms with van der Waals surface area (Å²) >= 11 is 0. The van der Waals surface area contributed by atoms with Gasteiger partial charge in [0.1, 0.15) is 5.76 Å². The minimum atomic E-state index is -0.159. The molecule has 1 atom stereocenters. The van der Waals surface area contributed by atoms with Crippen LogP contribution in [-0.4, -0.2) is 36.8 Å². The van der Waals surface area contributed by atoms with E-state index in [1.807, 2.05) is 13.8 Å². The number of carbonyl (C=O) groups is 1. The van der Waals surface area contributed by atoms with Crippen LogP contribution in [0.5, 0.6) is 0 Å². The number of nitrogens with one attached hydrogen (secondary N) is 2. The summed E-state index contributed by atoms with van der Waals surface area (Å²) in [4.78, 5) is 15.8. The van der Waals surface area contributed by atoms with E-state index in [9.17, 15) is 4.79 Å². The van der Waals surface area contributed by atoms with Crippen molar-refractivity contribution in [3.05, 3.63) is 17.3 Å². The van der Waals surface area contributed by atoms with Crippen molar-refractivity contribution in [2.45, 2.75) is 39.2 Å².